The third-order valence-corrected chi connectivity index (χ3v) is 9.29. The largest absolute Gasteiger partial charge is 0.508 e. The van der Waals surface area contributed by atoms with Gasteiger partial charge in [-0.15, -0.1) is 0 Å². The number of ketones is 1. The molecule has 344 valence electrons. The third kappa shape index (κ3) is 13.8. The monoisotopic (exact) mass is 899 g/mol. The predicted octanol–water partition coefficient (Wildman–Crippen LogP) is 5.19. The molecule has 19 heteroatoms. The van der Waals surface area contributed by atoms with Crippen molar-refractivity contribution in [3.63, 3.8) is 0 Å². The average Bonchev–Trinajstić information content (AvgIpc) is 3.24. The van der Waals surface area contributed by atoms with E-state index in [2.05, 4.69) is 31.2 Å². The van der Waals surface area contributed by atoms with Gasteiger partial charge in [-0.05, 0) is 70.0 Å². The topological polar surface area (TPSA) is 295 Å². The molecular weight excluding hydrogens is 847 g/mol. The number of Topliss-reactive ketones (excluding diaryl/α,β-unsaturated/α-hetero) is 1. The number of carbonyl (C=O) groups is 3. The fourth-order valence-corrected chi connectivity index (χ4v) is 6.41. The van der Waals surface area contributed by atoms with Crippen LogP contribution in [0, 0.1) is 5.41 Å². The van der Waals surface area contributed by atoms with Crippen molar-refractivity contribution < 1.29 is 29.3 Å². The van der Waals surface area contributed by atoms with Gasteiger partial charge in [-0.25, -0.2) is 14.8 Å². The van der Waals surface area contributed by atoms with Crippen molar-refractivity contribution in [2.45, 2.75) is 72.9 Å². The summed E-state index contributed by atoms with van der Waals surface area (Å²) in [5.74, 6) is -0.559. The molecule has 6 aromatic rings. The highest BCUT2D eigenvalue weighted by atomic mass is 16.5. The standard InChI is InChI=1S/C31H33N7O5.C16H20N4O3/c1-19(2)36-29-30(41)38(26(16-35-29)23-12-24(32)14-25(39)13-23)17-27(40)34-15-20-8-10-22(11-9-20)28(33)37-31(42)43-18-21-6-4-3-5-7-21;1-9(2)19-15-16(23)20(8-10(3)21)14(7-18-15)11-4-12(17)6-13(22)5-11/h3-14,16,19,39H,15,17-18,32H2,1-2H3,(H,34,40)(H,35,36)(H2,33,37,42);4-7,9,22H,8,17H2,1-3H3,(H,18,19). The number of aromatic hydroxyl groups is 2. The summed E-state index contributed by atoms with van der Waals surface area (Å²) >= 11 is 0. The number of amides is 2. The summed E-state index contributed by atoms with van der Waals surface area (Å²) in [6.45, 7) is 8.76. The van der Waals surface area contributed by atoms with Gasteiger partial charge in [0.15, 0.2) is 11.6 Å². The number of ether oxygens (including phenoxy) is 1. The number of benzene rings is 4. The maximum atomic E-state index is 13.3. The van der Waals surface area contributed by atoms with Crippen LogP contribution in [0.3, 0.4) is 0 Å². The van der Waals surface area contributed by atoms with E-state index in [0.29, 0.717) is 39.5 Å². The first-order chi connectivity index (χ1) is 31.4. The summed E-state index contributed by atoms with van der Waals surface area (Å²) in [7, 11) is 0. The van der Waals surface area contributed by atoms with E-state index in [4.69, 9.17) is 21.6 Å². The number of hydrogen-bond donors (Lipinski definition) is 9. The number of nitrogens with two attached hydrogens (primary N) is 2. The van der Waals surface area contributed by atoms with E-state index in [0.717, 1.165) is 11.1 Å². The van der Waals surface area contributed by atoms with Gasteiger partial charge in [0.05, 0.1) is 30.3 Å². The van der Waals surface area contributed by atoms with Crippen LogP contribution < -0.4 is 43.9 Å². The number of nitrogen functional groups attached to an aromatic ring is 2. The molecule has 2 heterocycles. The second kappa shape index (κ2) is 22.2. The smallest absolute Gasteiger partial charge is 0.413 e. The summed E-state index contributed by atoms with van der Waals surface area (Å²) in [4.78, 5) is 70.8. The van der Waals surface area contributed by atoms with Crippen molar-refractivity contribution in [2.24, 2.45) is 0 Å². The van der Waals surface area contributed by atoms with Crippen LogP contribution in [0.4, 0.5) is 27.8 Å². The van der Waals surface area contributed by atoms with Crippen molar-refractivity contribution in [1.82, 2.24) is 29.7 Å². The molecule has 0 saturated heterocycles. The number of anilines is 4. The number of aromatic nitrogens is 4. The molecule has 11 N–H and O–H groups in total. The molecule has 0 bridgehead atoms. The zero-order valence-electron chi connectivity index (χ0n) is 37.1. The number of hydrogen-bond acceptors (Lipinski definition) is 15. The van der Waals surface area contributed by atoms with Gasteiger partial charge in [0, 0.05) is 58.8 Å². The first-order valence-electron chi connectivity index (χ1n) is 20.7. The summed E-state index contributed by atoms with van der Waals surface area (Å²) in [6, 6.07) is 24.8. The minimum absolute atomic E-state index is 0.0220. The Morgan fingerprint density at radius 1 is 0.712 bits per heavy atom. The Balaban J connectivity index is 0.000000298. The van der Waals surface area contributed by atoms with Crippen LogP contribution in [0.2, 0.25) is 0 Å². The highest BCUT2D eigenvalue weighted by molar-refractivity contribution is 6.04. The van der Waals surface area contributed by atoms with Crippen LogP contribution in [0.15, 0.2) is 113 Å². The Hall–Kier alpha value is -8.48. The summed E-state index contributed by atoms with van der Waals surface area (Å²) < 4.78 is 7.75. The third-order valence-electron chi connectivity index (χ3n) is 9.29. The van der Waals surface area contributed by atoms with Crippen LogP contribution >= 0.6 is 0 Å². The van der Waals surface area contributed by atoms with E-state index in [-0.39, 0.29) is 73.1 Å². The second-order valence-corrected chi connectivity index (χ2v) is 15.7. The van der Waals surface area contributed by atoms with Crippen LogP contribution in [-0.4, -0.2) is 65.0 Å². The van der Waals surface area contributed by atoms with E-state index < -0.39 is 23.1 Å². The molecule has 19 nitrogen and oxygen atoms in total. The molecule has 0 aliphatic carbocycles. The molecule has 0 radical (unpaired) electrons. The van der Waals surface area contributed by atoms with Crippen molar-refractivity contribution in [1.29, 1.82) is 5.41 Å². The zero-order chi connectivity index (χ0) is 48.1. The number of alkyl carbamates (subject to hydrolysis) is 1. The molecule has 0 saturated carbocycles. The molecule has 2 amide bonds. The van der Waals surface area contributed by atoms with Gasteiger partial charge >= 0.3 is 6.09 Å². The second-order valence-electron chi connectivity index (χ2n) is 15.7. The van der Waals surface area contributed by atoms with E-state index in [1.54, 1.807) is 36.4 Å². The number of carbonyl (C=O) groups excluding carboxylic acids is 3. The highest BCUT2D eigenvalue weighted by Crippen LogP contribution is 2.27. The van der Waals surface area contributed by atoms with Crippen LogP contribution in [0.5, 0.6) is 11.5 Å². The van der Waals surface area contributed by atoms with Gasteiger partial charge in [0.1, 0.15) is 36.3 Å². The Kier molecular flexibility index (Phi) is 16.4. The lowest BCUT2D eigenvalue weighted by atomic mass is 10.1. The van der Waals surface area contributed by atoms with Gasteiger partial charge in [0.2, 0.25) is 5.91 Å². The minimum Gasteiger partial charge on any atom is -0.508 e. The minimum atomic E-state index is -0.740. The highest BCUT2D eigenvalue weighted by Gasteiger charge is 2.18. The van der Waals surface area contributed by atoms with Gasteiger partial charge in [-0.3, -0.25) is 39.0 Å². The van der Waals surface area contributed by atoms with Crippen molar-refractivity contribution in [3.8, 4) is 34.0 Å². The fourth-order valence-electron chi connectivity index (χ4n) is 6.41. The molecule has 0 aliphatic rings. The van der Waals surface area contributed by atoms with E-state index in [9.17, 15) is 34.2 Å². The predicted molar refractivity (Wildman–Crippen MR) is 253 cm³/mol. The molecule has 0 aliphatic heterocycles. The molecular formula is C47H53N11O8. The van der Waals surface area contributed by atoms with Crippen molar-refractivity contribution in [2.75, 3.05) is 22.1 Å². The molecule has 66 heavy (non-hydrogen) atoms. The van der Waals surface area contributed by atoms with Crippen LogP contribution in [0.25, 0.3) is 22.5 Å². The number of phenols is 2. The molecule has 2 aromatic heterocycles. The van der Waals surface area contributed by atoms with Crippen LogP contribution in [-0.2, 0) is 40.6 Å². The van der Waals surface area contributed by atoms with Crippen molar-refractivity contribution >= 4 is 46.6 Å². The van der Waals surface area contributed by atoms with Gasteiger partial charge in [0.25, 0.3) is 11.1 Å². The van der Waals surface area contributed by atoms with E-state index >= 15 is 0 Å². The summed E-state index contributed by atoms with van der Waals surface area (Å²) in [5, 5.41) is 39.0. The van der Waals surface area contributed by atoms with E-state index in [1.807, 2.05) is 58.0 Å². The zero-order valence-corrected chi connectivity index (χ0v) is 37.1. The van der Waals surface area contributed by atoms with Gasteiger partial charge in [-0.2, -0.15) is 0 Å². The molecule has 0 atom stereocenters. The lowest BCUT2D eigenvalue weighted by Crippen LogP contribution is -2.35. The average molecular weight is 900 g/mol. The summed E-state index contributed by atoms with van der Waals surface area (Å²) in [5.41, 5.74) is 15.1. The summed E-state index contributed by atoms with van der Waals surface area (Å²) in [6.07, 6.45) is 2.20. The maximum absolute atomic E-state index is 13.3. The number of rotatable bonds is 15. The molecule has 0 spiro atoms. The normalized spacial score (nSPS) is 10.7. The van der Waals surface area contributed by atoms with E-state index in [1.165, 1.54) is 52.7 Å². The van der Waals surface area contributed by atoms with Crippen molar-refractivity contribution in [3.05, 3.63) is 141 Å². The number of nitrogens with zero attached hydrogens (tertiary/aromatic N) is 4. The van der Waals surface area contributed by atoms with Gasteiger partial charge < -0.3 is 42.4 Å². The molecule has 0 unspecified atom stereocenters. The fraction of sp³-hybridized carbons (Fsp3) is 0.234. The number of amidine groups is 1. The maximum Gasteiger partial charge on any atom is 0.413 e. The lowest BCUT2D eigenvalue weighted by Gasteiger charge is -2.16. The Morgan fingerprint density at radius 2 is 1.21 bits per heavy atom. The first-order valence-corrected chi connectivity index (χ1v) is 20.7. The molecule has 4 aromatic carbocycles. The molecule has 6 rings (SSSR count). The SMILES string of the molecule is CC(=O)Cn1c(-c2cc(N)cc(O)c2)cnc(NC(C)C)c1=O.CC(C)Nc1ncc(-c2cc(N)cc(O)c2)n(CC(=O)NCc2ccc(C(=N)NC(=O)OCc3ccccc3)cc2)c1=O. The number of nitrogens with one attached hydrogen (secondary N) is 5. The van der Waals surface area contributed by atoms with Gasteiger partial charge in [-0.1, -0.05) is 54.6 Å². The lowest BCUT2D eigenvalue weighted by molar-refractivity contribution is -0.122. The number of phenolic OH excluding ortho intramolecular Hbond substituents is 2. The first kappa shape index (κ1) is 48.6. The molecule has 0 fully saturated rings. The Morgan fingerprint density at radius 3 is 1.68 bits per heavy atom. The quantitative estimate of drug-likeness (QED) is 0.0364. The van der Waals surface area contributed by atoms with Crippen LogP contribution in [0.1, 0.15) is 51.3 Å². The Bertz CT molecular complexity index is 2780. The Labute approximate surface area is 380 Å².